The highest BCUT2D eigenvalue weighted by Gasteiger charge is 2.21. The third-order valence-corrected chi connectivity index (χ3v) is 5.36. The standard InChI is InChI=1S/C21H18BrClN2O2/c1-25-13-15(8-11-21(25)26)20(24-27)12-18(14-6-9-16(22)10-7-14)17-4-2-3-5-19(17)23/h2-11,13,18,27H,12H2,1H3/b24-20+. The van der Waals surface area contributed by atoms with Crippen LogP contribution >= 0.6 is 27.5 Å². The molecule has 0 saturated heterocycles. The molecule has 1 heterocycles. The molecule has 0 aliphatic rings. The van der Waals surface area contributed by atoms with Gasteiger partial charge in [-0.15, -0.1) is 0 Å². The van der Waals surface area contributed by atoms with E-state index in [1.54, 1.807) is 19.3 Å². The first-order valence-corrected chi connectivity index (χ1v) is 9.54. The maximum atomic E-state index is 11.7. The Kier molecular flexibility index (Phi) is 6.14. The van der Waals surface area contributed by atoms with E-state index in [4.69, 9.17) is 11.6 Å². The lowest BCUT2D eigenvalue weighted by molar-refractivity contribution is 0.317. The minimum absolute atomic E-state index is 0.102. The van der Waals surface area contributed by atoms with Gasteiger partial charge >= 0.3 is 0 Å². The van der Waals surface area contributed by atoms with Crippen LogP contribution in [0.4, 0.5) is 0 Å². The number of halogens is 2. The number of pyridine rings is 1. The smallest absolute Gasteiger partial charge is 0.250 e. The lowest BCUT2D eigenvalue weighted by Crippen LogP contribution is -2.18. The van der Waals surface area contributed by atoms with Crippen molar-refractivity contribution in [2.75, 3.05) is 0 Å². The van der Waals surface area contributed by atoms with E-state index in [9.17, 15) is 10.0 Å². The Bertz CT molecular complexity index is 1030. The first kappa shape index (κ1) is 19.4. The molecule has 0 radical (unpaired) electrons. The molecule has 2 aromatic carbocycles. The van der Waals surface area contributed by atoms with Gasteiger partial charge in [0.1, 0.15) is 0 Å². The predicted molar refractivity (Wildman–Crippen MR) is 112 cm³/mol. The average Bonchev–Trinajstić information content (AvgIpc) is 2.67. The van der Waals surface area contributed by atoms with Gasteiger partial charge in [-0.2, -0.15) is 0 Å². The SMILES string of the molecule is Cn1cc(/C(CC(c2ccc(Br)cc2)c2ccccc2Cl)=N/O)ccc1=O. The van der Waals surface area contributed by atoms with Gasteiger partial charge in [0.15, 0.2) is 0 Å². The normalized spacial score (nSPS) is 12.8. The van der Waals surface area contributed by atoms with Crippen LogP contribution in [0.3, 0.4) is 0 Å². The molecule has 0 bridgehead atoms. The Balaban J connectivity index is 2.04. The van der Waals surface area contributed by atoms with Crippen molar-refractivity contribution in [1.82, 2.24) is 4.57 Å². The maximum Gasteiger partial charge on any atom is 0.250 e. The number of rotatable bonds is 5. The Morgan fingerprint density at radius 2 is 1.85 bits per heavy atom. The fourth-order valence-corrected chi connectivity index (χ4v) is 3.57. The molecule has 1 unspecified atom stereocenters. The maximum absolute atomic E-state index is 11.7. The summed E-state index contributed by atoms with van der Waals surface area (Å²) >= 11 is 9.92. The van der Waals surface area contributed by atoms with E-state index in [2.05, 4.69) is 21.1 Å². The summed E-state index contributed by atoms with van der Waals surface area (Å²) in [6.45, 7) is 0. The van der Waals surface area contributed by atoms with Crippen molar-refractivity contribution in [3.63, 3.8) is 0 Å². The second-order valence-electron chi connectivity index (χ2n) is 6.24. The van der Waals surface area contributed by atoms with Gasteiger partial charge in [-0.3, -0.25) is 4.79 Å². The van der Waals surface area contributed by atoms with Crippen molar-refractivity contribution < 1.29 is 5.21 Å². The third-order valence-electron chi connectivity index (χ3n) is 4.49. The molecule has 1 atom stereocenters. The van der Waals surface area contributed by atoms with E-state index in [1.165, 1.54) is 10.6 Å². The monoisotopic (exact) mass is 444 g/mol. The topological polar surface area (TPSA) is 54.6 Å². The zero-order valence-corrected chi connectivity index (χ0v) is 17.0. The molecular weight excluding hydrogens is 428 g/mol. The van der Waals surface area contributed by atoms with Gasteiger partial charge in [-0.05, 0) is 35.4 Å². The summed E-state index contributed by atoms with van der Waals surface area (Å²) in [7, 11) is 1.67. The number of oxime groups is 1. The molecule has 3 aromatic rings. The highest BCUT2D eigenvalue weighted by molar-refractivity contribution is 9.10. The second-order valence-corrected chi connectivity index (χ2v) is 7.57. The summed E-state index contributed by atoms with van der Waals surface area (Å²) in [5.41, 5.74) is 3.06. The zero-order chi connectivity index (χ0) is 19.4. The van der Waals surface area contributed by atoms with Crippen molar-refractivity contribution in [3.05, 3.63) is 103 Å². The fourth-order valence-electron chi connectivity index (χ4n) is 3.03. The third kappa shape index (κ3) is 4.49. The van der Waals surface area contributed by atoms with E-state index < -0.39 is 0 Å². The summed E-state index contributed by atoms with van der Waals surface area (Å²) in [5, 5.41) is 13.8. The summed E-state index contributed by atoms with van der Waals surface area (Å²) in [6.07, 6.45) is 2.10. The Labute approximate surface area is 170 Å². The molecule has 0 fully saturated rings. The highest BCUT2D eigenvalue weighted by Crippen LogP contribution is 2.34. The summed E-state index contributed by atoms with van der Waals surface area (Å²) in [5.74, 6) is -0.102. The number of aryl methyl sites for hydroxylation is 1. The minimum Gasteiger partial charge on any atom is -0.411 e. The van der Waals surface area contributed by atoms with Crippen LogP contribution in [-0.4, -0.2) is 15.5 Å². The number of benzene rings is 2. The summed E-state index contributed by atoms with van der Waals surface area (Å²) in [4.78, 5) is 11.7. The van der Waals surface area contributed by atoms with Crippen molar-refractivity contribution in [1.29, 1.82) is 0 Å². The Hall–Kier alpha value is -2.37. The van der Waals surface area contributed by atoms with Crippen LogP contribution in [0.2, 0.25) is 5.02 Å². The van der Waals surface area contributed by atoms with Gasteiger partial charge in [-0.1, -0.05) is 63.0 Å². The number of hydrogen-bond acceptors (Lipinski definition) is 3. The van der Waals surface area contributed by atoms with E-state index in [-0.39, 0.29) is 11.5 Å². The van der Waals surface area contributed by atoms with Crippen LogP contribution < -0.4 is 5.56 Å². The highest BCUT2D eigenvalue weighted by atomic mass is 79.9. The van der Waals surface area contributed by atoms with Crippen molar-refractivity contribution in [2.45, 2.75) is 12.3 Å². The lowest BCUT2D eigenvalue weighted by atomic mass is 9.85. The molecule has 4 nitrogen and oxygen atoms in total. The van der Waals surface area contributed by atoms with Crippen molar-refractivity contribution in [2.24, 2.45) is 12.2 Å². The summed E-state index contributed by atoms with van der Waals surface area (Å²) in [6, 6.07) is 18.8. The molecule has 138 valence electrons. The van der Waals surface area contributed by atoms with E-state index in [0.717, 1.165) is 15.6 Å². The van der Waals surface area contributed by atoms with Crippen LogP contribution in [0, 0.1) is 0 Å². The lowest BCUT2D eigenvalue weighted by Gasteiger charge is -2.20. The van der Waals surface area contributed by atoms with Crippen LogP contribution in [0.1, 0.15) is 29.0 Å². The minimum atomic E-state index is -0.119. The second kappa shape index (κ2) is 8.55. The molecule has 1 N–H and O–H groups in total. The van der Waals surface area contributed by atoms with Gasteiger partial charge < -0.3 is 9.77 Å². The number of hydrogen-bond donors (Lipinski definition) is 1. The fraction of sp³-hybridized carbons (Fsp3) is 0.143. The molecule has 1 aromatic heterocycles. The van der Waals surface area contributed by atoms with E-state index in [1.807, 2.05) is 48.5 Å². The van der Waals surface area contributed by atoms with Crippen LogP contribution in [0.5, 0.6) is 0 Å². The largest absolute Gasteiger partial charge is 0.411 e. The van der Waals surface area contributed by atoms with Crippen LogP contribution in [0.15, 0.2) is 81.3 Å². The number of nitrogens with zero attached hydrogens (tertiary/aromatic N) is 2. The zero-order valence-electron chi connectivity index (χ0n) is 14.6. The predicted octanol–water partition coefficient (Wildman–Crippen LogP) is 5.20. The van der Waals surface area contributed by atoms with Gasteiger partial charge in [0.2, 0.25) is 5.56 Å². The van der Waals surface area contributed by atoms with Gasteiger partial charge in [0.05, 0.1) is 5.71 Å². The first-order chi connectivity index (χ1) is 13.0. The molecule has 27 heavy (non-hydrogen) atoms. The molecule has 0 saturated carbocycles. The summed E-state index contributed by atoms with van der Waals surface area (Å²) < 4.78 is 2.45. The van der Waals surface area contributed by atoms with Gasteiger partial charge in [0.25, 0.3) is 0 Å². The van der Waals surface area contributed by atoms with Gasteiger partial charge in [0, 0.05) is 46.7 Å². The molecule has 0 aliphatic carbocycles. The molecule has 6 heteroatoms. The molecule has 0 aliphatic heterocycles. The van der Waals surface area contributed by atoms with Crippen LogP contribution in [-0.2, 0) is 7.05 Å². The van der Waals surface area contributed by atoms with Gasteiger partial charge in [-0.25, -0.2) is 0 Å². The molecule has 3 rings (SSSR count). The van der Waals surface area contributed by atoms with E-state index >= 15 is 0 Å². The van der Waals surface area contributed by atoms with Crippen molar-refractivity contribution >= 4 is 33.2 Å². The Morgan fingerprint density at radius 3 is 2.48 bits per heavy atom. The van der Waals surface area contributed by atoms with E-state index in [0.29, 0.717) is 22.7 Å². The molecular formula is C21H18BrClN2O2. The van der Waals surface area contributed by atoms with Crippen LogP contribution in [0.25, 0.3) is 0 Å². The number of aromatic nitrogens is 1. The Morgan fingerprint density at radius 1 is 1.15 bits per heavy atom. The average molecular weight is 446 g/mol. The molecule has 0 spiro atoms. The molecule has 0 amide bonds. The quantitative estimate of drug-likeness (QED) is 0.333. The van der Waals surface area contributed by atoms with Crippen molar-refractivity contribution in [3.8, 4) is 0 Å². The first-order valence-electron chi connectivity index (χ1n) is 8.37.